The van der Waals surface area contributed by atoms with Gasteiger partial charge in [0, 0.05) is 28.6 Å². The van der Waals surface area contributed by atoms with E-state index < -0.39 is 37.9 Å². The van der Waals surface area contributed by atoms with E-state index in [9.17, 15) is 9.59 Å². The van der Waals surface area contributed by atoms with Crippen molar-refractivity contribution >= 4 is 41.8 Å². The highest BCUT2D eigenvalue weighted by atomic mass is 79.9. The minimum atomic E-state index is -2.71. The van der Waals surface area contributed by atoms with E-state index in [-0.39, 0.29) is 23.6 Å². The van der Waals surface area contributed by atoms with Crippen molar-refractivity contribution in [3.05, 3.63) is 64.7 Å². The summed E-state index contributed by atoms with van der Waals surface area (Å²) < 4.78 is 19.4. The second kappa shape index (κ2) is 13.7. The number of nitrogens with zero attached hydrogens (tertiary/aromatic N) is 4. The Hall–Kier alpha value is -2.47. The Labute approximate surface area is 239 Å². The van der Waals surface area contributed by atoms with Crippen molar-refractivity contribution in [2.75, 3.05) is 6.61 Å². The summed E-state index contributed by atoms with van der Waals surface area (Å²) >= 11 is 3.23. The van der Waals surface area contributed by atoms with Crippen LogP contribution in [0, 0.1) is 0 Å². The number of azide groups is 1. The van der Waals surface area contributed by atoms with Crippen molar-refractivity contribution in [3.63, 3.8) is 0 Å². The SMILES string of the molecule is C/C(C=O)=C/N(C(N)=O)[C@H]1CC(OC(Br)N=[N+]=[N-])[C@@H](CO[Si](c2ccccc2)(C2C=CCCC2)C(C)(C)C)O1. The van der Waals surface area contributed by atoms with Gasteiger partial charge in [0.1, 0.15) is 18.6 Å². The maximum absolute atomic E-state index is 12.3. The smallest absolute Gasteiger partial charge is 0.320 e. The molecule has 0 spiro atoms. The lowest BCUT2D eigenvalue weighted by Crippen LogP contribution is -2.62. The summed E-state index contributed by atoms with van der Waals surface area (Å²) in [6.45, 7) is 8.48. The number of carbonyl (C=O) groups excluding carboxylic acids is 2. The van der Waals surface area contributed by atoms with Crippen LogP contribution in [0.2, 0.25) is 10.6 Å². The molecule has 212 valence electrons. The van der Waals surface area contributed by atoms with Crippen molar-refractivity contribution in [3.8, 4) is 0 Å². The van der Waals surface area contributed by atoms with Crippen LogP contribution in [0.15, 0.2) is 59.4 Å². The van der Waals surface area contributed by atoms with E-state index in [4.69, 9.17) is 25.2 Å². The molecule has 0 radical (unpaired) electrons. The lowest BCUT2D eigenvalue weighted by atomic mass is 10.1. The summed E-state index contributed by atoms with van der Waals surface area (Å²) in [5, 5.41) is 3.67. The Bertz CT molecular complexity index is 1110. The van der Waals surface area contributed by atoms with Crippen LogP contribution in [-0.2, 0) is 18.7 Å². The van der Waals surface area contributed by atoms with E-state index in [2.05, 4.69) is 83.1 Å². The highest BCUT2D eigenvalue weighted by molar-refractivity contribution is 9.09. The highest BCUT2D eigenvalue weighted by Gasteiger charge is 2.54. The van der Waals surface area contributed by atoms with E-state index >= 15 is 0 Å². The zero-order valence-electron chi connectivity index (χ0n) is 22.9. The summed E-state index contributed by atoms with van der Waals surface area (Å²) in [6.07, 6.45) is 8.04. The molecule has 1 fully saturated rings. The molecule has 0 bridgehead atoms. The summed E-state index contributed by atoms with van der Waals surface area (Å²) in [4.78, 5) is 27.5. The molecule has 3 rings (SSSR count). The molecule has 1 aliphatic heterocycles. The van der Waals surface area contributed by atoms with Crippen LogP contribution in [0.25, 0.3) is 10.4 Å². The highest BCUT2D eigenvalue weighted by Crippen LogP contribution is 2.48. The number of rotatable bonds is 11. The van der Waals surface area contributed by atoms with Crippen molar-refractivity contribution in [2.45, 2.75) is 87.5 Å². The van der Waals surface area contributed by atoms with Crippen LogP contribution in [0.5, 0.6) is 0 Å². The first-order valence-electron chi connectivity index (χ1n) is 13.1. The number of carbonyl (C=O) groups is 2. The van der Waals surface area contributed by atoms with E-state index in [0.29, 0.717) is 11.9 Å². The Morgan fingerprint density at radius 1 is 1.38 bits per heavy atom. The van der Waals surface area contributed by atoms with Crippen LogP contribution >= 0.6 is 15.9 Å². The average Bonchev–Trinajstić information content (AvgIpc) is 3.29. The number of nitrogens with two attached hydrogens (primary N) is 1. The molecule has 39 heavy (non-hydrogen) atoms. The third-order valence-corrected chi connectivity index (χ3v) is 13.2. The first kappa shape index (κ1) is 31.1. The summed E-state index contributed by atoms with van der Waals surface area (Å²) in [5.41, 5.74) is 15.1. The number of amides is 2. The summed E-state index contributed by atoms with van der Waals surface area (Å²) in [6, 6.07) is 9.66. The number of hydrogen-bond donors (Lipinski definition) is 1. The number of ether oxygens (including phenoxy) is 2. The number of urea groups is 1. The van der Waals surface area contributed by atoms with Gasteiger partial charge in [0.25, 0.3) is 0 Å². The molecule has 10 nitrogen and oxygen atoms in total. The zero-order chi connectivity index (χ0) is 28.6. The van der Waals surface area contributed by atoms with Crippen LogP contribution < -0.4 is 10.9 Å². The van der Waals surface area contributed by atoms with Crippen molar-refractivity contribution in [1.29, 1.82) is 0 Å². The minimum absolute atomic E-state index is 0.165. The molecule has 1 saturated heterocycles. The minimum Gasteiger partial charge on any atom is -0.408 e. The normalized spacial score (nSPS) is 25.8. The van der Waals surface area contributed by atoms with E-state index in [0.717, 1.165) is 19.3 Å². The Kier molecular flexibility index (Phi) is 10.9. The monoisotopic (exact) mass is 619 g/mol. The molecule has 4 unspecified atom stereocenters. The van der Waals surface area contributed by atoms with Gasteiger partial charge in [0.2, 0.25) is 8.32 Å². The lowest BCUT2D eigenvalue weighted by Gasteiger charge is -2.48. The van der Waals surface area contributed by atoms with Gasteiger partial charge in [-0.15, -0.1) is 0 Å². The number of aldehydes is 1. The van der Waals surface area contributed by atoms with Gasteiger partial charge in [-0.2, -0.15) is 0 Å². The molecule has 1 aromatic rings. The second-order valence-corrected chi connectivity index (χ2v) is 16.3. The quantitative estimate of drug-likeness (QED) is 0.0387. The Balaban J connectivity index is 1.98. The number of primary amides is 1. The van der Waals surface area contributed by atoms with Crippen LogP contribution in [0.4, 0.5) is 4.79 Å². The standard InChI is InChI=1S/C27H38BrN5O5Si/c1-19(17-34)16-33(26(29)35)24-15-22(38-25(28)31-32-30)23(37-24)18-36-39(27(2,3)4,20-11-7-5-8-12-20)21-13-9-6-10-14-21/h5,7-9,11-13,16-17,21-25H,6,10,14-15,18H2,1-4H3,(H2,29,35)/b19-16-/t21?,22?,23-,24-,25?,39?/m1/s1. The van der Waals surface area contributed by atoms with Gasteiger partial charge < -0.3 is 19.6 Å². The van der Waals surface area contributed by atoms with E-state index in [1.165, 1.54) is 16.3 Å². The summed E-state index contributed by atoms with van der Waals surface area (Å²) in [5.74, 6) is 0. The molecule has 2 N–H and O–H groups in total. The molecule has 2 amide bonds. The predicted octanol–water partition coefficient (Wildman–Crippen LogP) is 5.74. The molecule has 1 aromatic carbocycles. The number of benzene rings is 1. The number of hydrogen-bond acceptors (Lipinski definition) is 6. The number of alkyl halides is 1. The molecule has 0 saturated carbocycles. The molecule has 6 atom stereocenters. The van der Waals surface area contributed by atoms with Gasteiger partial charge >= 0.3 is 6.03 Å². The van der Waals surface area contributed by atoms with Crippen molar-refractivity contribution < 1.29 is 23.5 Å². The van der Waals surface area contributed by atoms with Crippen molar-refractivity contribution in [2.24, 2.45) is 10.8 Å². The lowest BCUT2D eigenvalue weighted by molar-refractivity contribution is -0.105. The van der Waals surface area contributed by atoms with Gasteiger partial charge in [-0.3, -0.25) is 9.69 Å². The van der Waals surface area contributed by atoms with Gasteiger partial charge in [0.15, 0.2) is 5.14 Å². The Morgan fingerprint density at radius 2 is 2.10 bits per heavy atom. The maximum atomic E-state index is 12.3. The van der Waals surface area contributed by atoms with Gasteiger partial charge in [-0.05, 0) is 41.9 Å². The second-order valence-electron chi connectivity index (χ2n) is 10.9. The third-order valence-electron chi connectivity index (χ3n) is 7.27. The van der Waals surface area contributed by atoms with Gasteiger partial charge in [-0.1, -0.05) is 84.3 Å². The fourth-order valence-electron chi connectivity index (χ4n) is 5.58. The third kappa shape index (κ3) is 7.39. The molecular formula is C27H38BrN5O5Si. The van der Waals surface area contributed by atoms with Crippen LogP contribution in [0.1, 0.15) is 53.4 Å². The zero-order valence-corrected chi connectivity index (χ0v) is 25.5. The first-order chi connectivity index (χ1) is 18.5. The van der Waals surface area contributed by atoms with Crippen LogP contribution in [0.3, 0.4) is 0 Å². The fraction of sp³-hybridized carbons (Fsp3) is 0.556. The average molecular weight is 621 g/mol. The molecule has 0 aromatic heterocycles. The van der Waals surface area contributed by atoms with Gasteiger partial charge in [-0.25, -0.2) is 4.79 Å². The van der Waals surface area contributed by atoms with E-state index in [1.807, 2.05) is 6.07 Å². The van der Waals surface area contributed by atoms with Crippen LogP contribution in [-0.4, -0.2) is 55.7 Å². The topological polar surface area (TPSA) is 140 Å². The fourth-order valence-corrected chi connectivity index (χ4v) is 11.3. The largest absolute Gasteiger partial charge is 0.408 e. The number of halogens is 1. The molecular weight excluding hydrogens is 582 g/mol. The number of allylic oxidation sites excluding steroid dienone is 3. The summed E-state index contributed by atoms with van der Waals surface area (Å²) in [7, 11) is -2.71. The molecule has 12 heteroatoms. The Morgan fingerprint density at radius 3 is 2.67 bits per heavy atom. The molecule has 1 heterocycles. The molecule has 1 aliphatic carbocycles. The first-order valence-corrected chi connectivity index (χ1v) is 16.0. The van der Waals surface area contributed by atoms with Crippen molar-refractivity contribution in [1.82, 2.24) is 4.90 Å². The van der Waals surface area contributed by atoms with E-state index in [1.54, 1.807) is 6.92 Å². The maximum Gasteiger partial charge on any atom is 0.320 e. The predicted molar refractivity (Wildman–Crippen MR) is 155 cm³/mol. The van der Waals surface area contributed by atoms with Gasteiger partial charge in [0.05, 0.1) is 12.7 Å². The molecule has 2 aliphatic rings.